The van der Waals surface area contributed by atoms with Gasteiger partial charge in [-0.05, 0) is 49.1 Å². The number of rotatable bonds is 6. The number of aryl methyl sites for hydroxylation is 1. The van der Waals surface area contributed by atoms with Gasteiger partial charge in [0.1, 0.15) is 5.82 Å². The van der Waals surface area contributed by atoms with Crippen molar-refractivity contribution in [2.45, 2.75) is 38.6 Å². The van der Waals surface area contributed by atoms with Gasteiger partial charge in [-0.15, -0.1) is 0 Å². The van der Waals surface area contributed by atoms with E-state index in [0.29, 0.717) is 36.0 Å². The molecule has 7 heteroatoms. The Morgan fingerprint density at radius 1 is 1.23 bits per heavy atom. The molecule has 0 aliphatic carbocycles. The number of aromatic nitrogens is 3. The fraction of sp³-hybridized carbons (Fsp3) is 0.391. The Kier molecular flexibility index (Phi) is 6.18. The van der Waals surface area contributed by atoms with Gasteiger partial charge in [0.2, 0.25) is 0 Å². The molecule has 7 nitrogen and oxygen atoms in total. The molecule has 0 saturated carbocycles. The SMILES string of the molecule is O=C(NCC(CO)Cc1cccnc1)c1ccc2c(=O)n3c(nc2c1)CCCCC3. The number of benzene rings is 1. The quantitative estimate of drug-likeness (QED) is 0.653. The van der Waals surface area contributed by atoms with Crippen LogP contribution in [-0.2, 0) is 19.4 Å². The number of aliphatic hydroxyl groups excluding tert-OH is 1. The third-order valence-corrected chi connectivity index (χ3v) is 5.64. The molecule has 0 spiro atoms. The predicted molar refractivity (Wildman–Crippen MR) is 114 cm³/mol. The maximum atomic E-state index is 12.8. The van der Waals surface area contributed by atoms with Crippen molar-refractivity contribution in [2.75, 3.05) is 13.2 Å². The number of fused-ring (bicyclic) bond motifs is 2. The summed E-state index contributed by atoms with van der Waals surface area (Å²) in [4.78, 5) is 34.3. The molecule has 1 unspecified atom stereocenters. The van der Waals surface area contributed by atoms with Crippen molar-refractivity contribution in [1.82, 2.24) is 19.9 Å². The molecular weight excluding hydrogens is 380 g/mol. The van der Waals surface area contributed by atoms with Crippen LogP contribution < -0.4 is 10.9 Å². The average Bonchev–Trinajstić information content (AvgIpc) is 3.02. The van der Waals surface area contributed by atoms with Gasteiger partial charge in [-0.1, -0.05) is 12.5 Å². The third kappa shape index (κ3) is 4.41. The van der Waals surface area contributed by atoms with E-state index in [0.717, 1.165) is 37.1 Å². The molecule has 1 atom stereocenters. The number of nitrogens with one attached hydrogen (secondary N) is 1. The fourth-order valence-corrected chi connectivity index (χ4v) is 3.95. The molecule has 156 valence electrons. The molecule has 1 aromatic carbocycles. The van der Waals surface area contributed by atoms with Crippen LogP contribution in [0.3, 0.4) is 0 Å². The minimum atomic E-state index is -0.238. The van der Waals surface area contributed by atoms with Crippen LogP contribution in [0.4, 0.5) is 0 Å². The Morgan fingerprint density at radius 2 is 2.13 bits per heavy atom. The zero-order valence-corrected chi connectivity index (χ0v) is 16.9. The minimum Gasteiger partial charge on any atom is -0.396 e. The number of carbonyl (C=O) groups is 1. The van der Waals surface area contributed by atoms with E-state index < -0.39 is 0 Å². The number of hydrogen-bond acceptors (Lipinski definition) is 5. The molecule has 4 rings (SSSR count). The molecule has 3 aromatic rings. The van der Waals surface area contributed by atoms with Gasteiger partial charge in [-0.25, -0.2) is 4.98 Å². The Hall–Kier alpha value is -3.06. The van der Waals surface area contributed by atoms with E-state index in [2.05, 4.69) is 15.3 Å². The standard InChI is InChI=1S/C23H26N4O3/c28-15-17(11-16-5-4-9-24-13-16)14-25-22(29)18-7-8-19-20(12-18)26-21-6-2-1-3-10-27(21)23(19)30/h4-5,7-9,12-13,17,28H,1-3,6,10-11,14-15H2,(H,25,29). The van der Waals surface area contributed by atoms with Gasteiger partial charge < -0.3 is 10.4 Å². The summed E-state index contributed by atoms with van der Waals surface area (Å²) in [6, 6.07) is 8.85. The van der Waals surface area contributed by atoms with Crippen molar-refractivity contribution in [1.29, 1.82) is 0 Å². The molecule has 0 bridgehead atoms. The first-order chi connectivity index (χ1) is 14.7. The van der Waals surface area contributed by atoms with Crippen molar-refractivity contribution in [2.24, 2.45) is 5.92 Å². The second-order valence-electron chi connectivity index (χ2n) is 7.85. The first-order valence-corrected chi connectivity index (χ1v) is 10.5. The Morgan fingerprint density at radius 3 is 2.93 bits per heavy atom. The lowest BCUT2D eigenvalue weighted by molar-refractivity contribution is 0.0940. The van der Waals surface area contributed by atoms with E-state index in [1.807, 2.05) is 12.1 Å². The summed E-state index contributed by atoms with van der Waals surface area (Å²) in [6.45, 7) is 1.03. The highest BCUT2D eigenvalue weighted by molar-refractivity contribution is 5.97. The van der Waals surface area contributed by atoms with Crippen molar-refractivity contribution < 1.29 is 9.90 Å². The van der Waals surface area contributed by atoms with Gasteiger partial charge in [0, 0.05) is 50.0 Å². The van der Waals surface area contributed by atoms with Crippen LogP contribution in [0.1, 0.15) is 41.0 Å². The highest BCUT2D eigenvalue weighted by Crippen LogP contribution is 2.16. The largest absolute Gasteiger partial charge is 0.396 e. The molecule has 1 amide bonds. The molecule has 0 saturated heterocycles. The van der Waals surface area contributed by atoms with Crippen LogP contribution in [0.2, 0.25) is 0 Å². The molecule has 0 fully saturated rings. The lowest BCUT2D eigenvalue weighted by atomic mass is 10.0. The molecule has 30 heavy (non-hydrogen) atoms. The number of amides is 1. The summed E-state index contributed by atoms with van der Waals surface area (Å²) < 4.78 is 1.78. The minimum absolute atomic E-state index is 0.0272. The van der Waals surface area contributed by atoms with Crippen molar-refractivity contribution in [3.05, 3.63) is 70.0 Å². The van der Waals surface area contributed by atoms with Crippen molar-refractivity contribution >= 4 is 16.8 Å². The molecule has 3 heterocycles. The number of hydrogen-bond donors (Lipinski definition) is 2. The van der Waals surface area contributed by atoms with Crippen LogP contribution in [0.15, 0.2) is 47.5 Å². The molecular formula is C23H26N4O3. The van der Waals surface area contributed by atoms with E-state index in [9.17, 15) is 14.7 Å². The topological polar surface area (TPSA) is 97.1 Å². The maximum Gasteiger partial charge on any atom is 0.261 e. The van der Waals surface area contributed by atoms with E-state index in [4.69, 9.17) is 0 Å². The molecule has 2 aromatic heterocycles. The highest BCUT2D eigenvalue weighted by atomic mass is 16.3. The smallest absolute Gasteiger partial charge is 0.261 e. The molecule has 0 radical (unpaired) electrons. The zero-order valence-electron chi connectivity index (χ0n) is 16.9. The summed E-state index contributed by atoms with van der Waals surface area (Å²) in [5, 5.41) is 13.1. The number of carbonyl (C=O) groups excluding carboxylic acids is 1. The number of pyridine rings is 1. The highest BCUT2D eigenvalue weighted by Gasteiger charge is 2.16. The van der Waals surface area contributed by atoms with Crippen LogP contribution in [0.25, 0.3) is 10.9 Å². The molecule has 1 aliphatic heterocycles. The lowest BCUT2D eigenvalue weighted by Gasteiger charge is -2.15. The fourth-order valence-electron chi connectivity index (χ4n) is 3.95. The van der Waals surface area contributed by atoms with E-state index in [1.54, 1.807) is 35.2 Å². The van der Waals surface area contributed by atoms with Crippen LogP contribution in [0, 0.1) is 5.92 Å². The van der Waals surface area contributed by atoms with E-state index in [1.165, 1.54) is 0 Å². The van der Waals surface area contributed by atoms with Gasteiger partial charge in [0.25, 0.3) is 11.5 Å². The van der Waals surface area contributed by atoms with E-state index >= 15 is 0 Å². The van der Waals surface area contributed by atoms with Gasteiger partial charge in [-0.3, -0.25) is 19.1 Å². The summed E-state index contributed by atoms with van der Waals surface area (Å²) >= 11 is 0. The van der Waals surface area contributed by atoms with Crippen LogP contribution in [-0.4, -0.2) is 38.7 Å². The second-order valence-corrected chi connectivity index (χ2v) is 7.85. The predicted octanol–water partition coefficient (Wildman–Crippen LogP) is 2.10. The third-order valence-electron chi connectivity index (χ3n) is 5.64. The number of aliphatic hydroxyl groups is 1. The first kappa shape index (κ1) is 20.2. The van der Waals surface area contributed by atoms with Crippen LogP contribution >= 0.6 is 0 Å². The Bertz CT molecular complexity index is 1090. The average molecular weight is 406 g/mol. The molecule has 2 N–H and O–H groups in total. The monoisotopic (exact) mass is 406 g/mol. The van der Waals surface area contributed by atoms with E-state index in [-0.39, 0.29) is 24.0 Å². The maximum absolute atomic E-state index is 12.8. The lowest BCUT2D eigenvalue weighted by Crippen LogP contribution is -2.32. The van der Waals surface area contributed by atoms with Crippen LogP contribution in [0.5, 0.6) is 0 Å². The van der Waals surface area contributed by atoms with Gasteiger partial charge in [0.15, 0.2) is 0 Å². The second kappa shape index (κ2) is 9.17. The first-order valence-electron chi connectivity index (χ1n) is 10.5. The number of nitrogens with zero attached hydrogens (tertiary/aromatic N) is 3. The Balaban J connectivity index is 1.49. The van der Waals surface area contributed by atoms with Gasteiger partial charge in [0.05, 0.1) is 10.9 Å². The summed E-state index contributed by atoms with van der Waals surface area (Å²) in [5.41, 5.74) is 2.02. The summed E-state index contributed by atoms with van der Waals surface area (Å²) in [5.74, 6) is 0.467. The summed E-state index contributed by atoms with van der Waals surface area (Å²) in [6.07, 6.45) is 8.00. The summed E-state index contributed by atoms with van der Waals surface area (Å²) in [7, 11) is 0. The normalized spacial score (nSPS) is 14.7. The van der Waals surface area contributed by atoms with Gasteiger partial charge in [-0.2, -0.15) is 0 Å². The van der Waals surface area contributed by atoms with Crippen molar-refractivity contribution in [3.63, 3.8) is 0 Å². The van der Waals surface area contributed by atoms with Crippen molar-refractivity contribution in [3.8, 4) is 0 Å². The van der Waals surface area contributed by atoms with Gasteiger partial charge >= 0.3 is 0 Å². The zero-order chi connectivity index (χ0) is 20.9. The molecule has 1 aliphatic rings. The Labute approximate surface area is 174 Å².